The van der Waals surface area contributed by atoms with E-state index in [9.17, 15) is 4.91 Å². The van der Waals surface area contributed by atoms with Crippen molar-refractivity contribution in [1.29, 1.82) is 0 Å². The molecule has 2 aromatic rings. The van der Waals surface area contributed by atoms with Crippen molar-refractivity contribution in [2.45, 2.75) is 13.2 Å². The summed E-state index contributed by atoms with van der Waals surface area (Å²) in [7, 11) is 1.26. The van der Waals surface area contributed by atoms with Gasteiger partial charge in [0.2, 0.25) is 12.5 Å². The molecule has 1 aromatic heterocycles. The summed E-state index contributed by atoms with van der Waals surface area (Å²) in [5.74, 6) is 1.41. The predicted octanol–water partition coefficient (Wildman–Crippen LogP) is 2.93. The van der Waals surface area contributed by atoms with Crippen LogP contribution in [0.4, 0.5) is 5.69 Å². The van der Waals surface area contributed by atoms with Crippen molar-refractivity contribution in [3.05, 3.63) is 40.6 Å². The van der Waals surface area contributed by atoms with E-state index in [4.69, 9.17) is 28.5 Å². The van der Waals surface area contributed by atoms with Gasteiger partial charge in [0.25, 0.3) is 10.7 Å². The molecule has 0 atom stereocenters. The molecule has 9 heteroatoms. The number of pyridine rings is 1. The molecule has 1 saturated heterocycles. The second-order valence-electron chi connectivity index (χ2n) is 5.63. The van der Waals surface area contributed by atoms with Crippen LogP contribution in [0.2, 0.25) is 0 Å². The first-order valence-electron chi connectivity index (χ1n) is 7.99. The molecule has 136 valence electrons. The Morgan fingerprint density at radius 2 is 1.96 bits per heavy atom. The third-order valence-corrected chi connectivity index (χ3v) is 3.95. The summed E-state index contributed by atoms with van der Waals surface area (Å²) in [5, 5.41) is 0. The van der Waals surface area contributed by atoms with E-state index in [1.165, 1.54) is 7.11 Å². The maximum Gasteiger partial charge on any atom is 0.370 e. The van der Waals surface area contributed by atoms with Crippen LogP contribution in [0.15, 0.2) is 24.4 Å². The number of aryl methyl sites for hydroxylation is 1. The Kier molecular flexibility index (Phi) is 4.31. The highest BCUT2D eigenvalue weighted by Crippen LogP contribution is 2.52. The fourth-order valence-corrected chi connectivity index (χ4v) is 2.76. The molecule has 2 aliphatic rings. The van der Waals surface area contributed by atoms with Gasteiger partial charge in [-0.1, -0.05) is 0 Å². The van der Waals surface area contributed by atoms with E-state index < -0.39 is 6.29 Å². The number of aromatic nitrogens is 1. The Morgan fingerprint density at radius 3 is 2.65 bits per heavy atom. The molecule has 0 aliphatic carbocycles. The second-order valence-corrected chi connectivity index (χ2v) is 5.63. The fourth-order valence-electron chi connectivity index (χ4n) is 2.76. The molecular formula is C17H17N2O7+. The third-order valence-electron chi connectivity index (χ3n) is 3.95. The molecule has 26 heavy (non-hydrogen) atoms. The van der Waals surface area contributed by atoms with Crippen molar-refractivity contribution in [2.75, 3.05) is 27.1 Å². The van der Waals surface area contributed by atoms with Gasteiger partial charge in [-0.25, -0.2) is 4.84 Å². The standard InChI is InChI=1S/C17H17N2O7/c1-10-3-4-11(8-18-10)26-13-7-12(17-22-5-6-23-17)14(19(20)21-2)16-15(13)24-9-25-16/h3-4,7-8,17H,5-6,9H2,1-2H3/q+1. The van der Waals surface area contributed by atoms with Crippen LogP contribution < -0.4 is 14.2 Å². The maximum atomic E-state index is 12.3. The molecule has 0 saturated carbocycles. The number of benzene rings is 1. The molecule has 4 rings (SSSR count). The Labute approximate surface area is 148 Å². The lowest BCUT2D eigenvalue weighted by Gasteiger charge is -2.14. The van der Waals surface area contributed by atoms with E-state index in [2.05, 4.69) is 4.98 Å². The van der Waals surface area contributed by atoms with Crippen LogP contribution in [0.3, 0.4) is 0 Å². The Balaban J connectivity index is 1.81. The van der Waals surface area contributed by atoms with E-state index >= 15 is 0 Å². The number of fused-ring (bicyclic) bond motifs is 1. The molecular weight excluding hydrogens is 344 g/mol. The van der Waals surface area contributed by atoms with Crippen LogP contribution in [-0.2, 0) is 14.3 Å². The largest absolute Gasteiger partial charge is 0.452 e. The molecule has 9 nitrogen and oxygen atoms in total. The minimum Gasteiger partial charge on any atom is -0.452 e. The van der Waals surface area contributed by atoms with Crippen LogP contribution in [0.1, 0.15) is 17.5 Å². The quantitative estimate of drug-likeness (QED) is 0.751. The Hall–Kier alpha value is -2.91. The lowest BCUT2D eigenvalue weighted by Crippen LogP contribution is -2.08. The molecule has 1 aromatic carbocycles. The SMILES string of the molecule is CO[N+](=O)c1c(C2OCCO2)cc(Oc2ccc(C)nc2)c2c1OCO2. The number of nitrogens with zero attached hydrogens (tertiary/aromatic N) is 2. The van der Waals surface area contributed by atoms with Crippen LogP contribution in [0.25, 0.3) is 0 Å². The summed E-state index contributed by atoms with van der Waals surface area (Å²) in [6.45, 7) is 2.68. The zero-order valence-corrected chi connectivity index (χ0v) is 14.3. The van der Waals surface area contributed by atoms with Crippen LogP contribution in [-0.4, -0.2) is 37.0 Å². The number of hydrogen-bond acceptors (Lipinski definition) is 8. The van der Waals surface area contributed by atoms with Gasteiger partial charge in [0.15, 0.2) is 19.1 Å². The molecule has 0 amide bonds. The van der Waals surface area contributed by atoms with Gasteiger partial charge in [0, 0.05) is 11.8 Å². The van der Waals surface area contributed by atoms with Crippen LogP contribution in [0.5, 0.6) is 23.0 Å². The summed E-state index contributed by atoms with van der Waals surface area (Å²) < 4.78 is 28.0. The summed E-state index contributed by atoms with van der Waals surface area (Å²) in [6.07, 6.45) is 0.868. The second kappa shape index (κ2) is 6.77. The van der Waals surface area contributed by atoms with Gasteiger partial charge in [0.1, 0.15) is 5.75 Å². The van der Waals surface area contributed by atoms with E-state index in [0.29, 0.717) is 40.9 Å². The molecule has 0 spiro atoms. The molecule has 1 fully saturated rings. The summed E-state index contributed by atoms with van der Waals surface area (Å²) >= 11 is 0. The minimum atomic E-state index is -0.732. The van der Waals surface area contributed by atoms with E-state index in [-0.39, 0.29) is 18.2 Å². The Bertz CT molecular complexity index is 832. The molecule has 0 bridgehead atoms. The summed E-state index contributed by atoms with van der Waals surface area (Å²) in [5.41, 5.74) is 1.42. The average Bonchev–Trinajstić information content (AvgIpc) is 3.34. The van der Waals surface area contributed by atoms with Crippen molar-refractivity contribution in [3.8, 4) is 23.0 Å². The number of ether oxygens (including phenoxy) is 5. The number of hydrogen-bond donors (Lipinski definition) is 0. The molecule has 2 aliphatic heterocycles. The van der Waals surface area contributed by atoms with Gasteiger partial charge in [-0.15, -0.1) is 0 Å². The Morgan fingerprint density at radius 1 is 1.19 bits per heavy atom. The van der Waals surface area contributed by atoms with E-state index in [1.54, 1.807) is 18.3 Å². The van der Waals surface area contributed by atoms with Gasteiger partial charge in [0.05, 0.1) is 29.9 Å². The first-order chi connectivity index (χ1) is 12.7. The number of rotatable bonds is 5. The van der Waals surface area contributed by atoms with Crippen LogP contribution in [0, 0.1) is 11.8 Å². The van der Waals surface area contributed by atoms with Gasteiger partial charge in [-0.2, -0.15) is 0 Å². The average molecular weight is 361 g/mol. The first kappa shape index (κ1) is 16.6. The van der Waals surface area contributed by atoms with Crippen molar-refractivity contribution in [2.24, 2.45) is 0 Å². The predicted molar refractivity (Wildman–Crippen MR) is 86.6 cm³/mol. The molecule has 0 N–H and O–H groups in total. The highest BCUT2D eigenvalue weighted by atomic mass is 16.8. The zero-order valence-electron chi connectivity index (χ0n) is 14.3. The van der Waals surface area contributed by atoms with Crippen molar-refractivity contribution < 1.29 is 33.4 Å². The highest BCUT2D eigenvalue weighted by molar-refractivity contribution is 5.68. The van der Waals surface area contributed by atoms with Crippen molar-refractivity contribution in [1.82, 2.24) is 4.98 Å². The lowest BCUT2D eigenvalue weighted by atomic mass is 10.1. The summed E-state index contributed by atoms with van der Waals surface area (Å²) in [4.78, 5) is 21.6. The normalized spacial score (nSPS) is 15.9. The van der Waals surface area contributed by atoms with E-state index in [0.717, 1.165) is 5.69 Å². The third kappa shape index (κ3) is 2.91. The summed E-state index contributed by atoms with van der Waals surface area (Å²) in [6, 6.07) is 5.24. The molecule has 0 unspecified atom stereocenters. The zero-order chi connectivity index (χ0) is 18.1. The molecule has 3 heterocycles. The highest BCUT2D eigenvalue weighted by Gasteiger charge is 2.41. The van der Waals surface area contributed by atoms with E-state index in [1.807, 2.05) is 13.0 Å². The molecule has 0 radical (unpaired) electrons. The van der Waals surface area contributed by atoms with Crippen LogP contribution >= 0.6 is 0 Å². The minimum absolute atomic E-state index is 0.0434. The van der Waals surface area contributed by atoms with Gasteiger partial charge >= 0.3 is 5.69 Å². The maximum absolute atomic E-state index is 12.3. The smallest absolute Gasteiger partial charge is 0.370 e. The topological polar surface area (TPSA) is 88.4 Å². The van der Waals surface area contributed by atoms with Gasteiger partial charge < -0.3 is 23.7 Å². The monoisotopic (exact) mass is 361 g/mol. The van der Waals surface area contributed by atoms with Crippen molar-refractivity contribution >= 4 is 5.69 Å². The van der Waals surface area contributed by atoms with Crippen molar-refractivity contribution in [3.63, 3.8) is 0 Å². The van der Waals surface area contributed by atoms with Gasteiger partial charge in [-0.05, 0) is 19.1 Å². The first-order valence-corrected chi connectivity index (χ1v) is 7.99. The van der Waals surface area contributed by atoms with Gasteiger partial charge in [-0.3, -0.25) is 4.98 Å². The fraction of sp³-hybridized carbons (Fsp3) is 0.353. The lowest BCUT2D eigenvalue weighted by molar-refractivity contribution is -0.737.